The van der Waals surface area contributed by atoms with Crippen LogP contribution >= 0.6 is 11.6 Å². The topological polar surface area (TPSA) is 42.7 Å². The Morgan fingerprint density at radius 2 is 2.37 bits per heavy atom. The van der Waals surface area contributed by atoms with Crippen LogP contribution < -0.4 is 5.32 Å². The van der Waals surface area contributed by atoms with Crippen LogP contribution in [-0.4, -0.2) is 27.1 Å². The summed E-state index contributed by atoms with van der Waals surface area (Å²) in [5.41, 5.74) is 0.890. The summed E-state index contributed by atoms with van der Waals surface area (Å²) in [4.78, 5) is 8.27. The predicted octanol–water partition coefficient (Wildman–Crippen LogP) is 2.78. The van der Waals surface area contributed by atoms with Gasteiger partial charge in [0.05, 0.1) is 5.39 Å². The van der Waals surface area contributed by atoms with E-state index in [0.29, 0.717) is 11.2 Å². The van der Waals surface area contributed by atoms with Gasteiger partial charge in [-0.05, 0) is 25.5 Å². The Hall–Kier alpha value is -1.39. The molecule has 2 aromatic heterocycles. The summed E-state index contributed by atoms with van der Waals surface area (Å²) < 4.78 is 2.09. The Balaban J connectivity index is 1.71. The number of halogens is 1. The average Bonchev–Trinajstić information content (AvgIpc) is 2.85. The molecule has 1 N–H and O–H groups in total. The number of hydrogen-bond acceptors (Lipinski definition) is 3. The number of fused-ring (bicyclic) bond motifs is 1. The Labute approximate surface area is 117 Å². The summed E-state index contributed by atoms with van der Waals surface area (Å²) in [7, 11) is 0. The molecule has 4 nitrogen and oxygen atoms in total. The fourth-order valence-electron chi connectivity index (χ4n) is 2.50. The first-order chi connectivity index (χ1) is 9.34. The number of nitrogens with one attached hydrogen (secondary N) is 1. The second kappa shape index (κ2) is 5.72. The lowest BCUT2D eigenvalue weighted by Crippen LogP contribution is -2.32. The van der Waals surface area contributed by atoms with Crippen molar-refractivity contribution in [2.45, 2.75) is 31.8 Å². The first-order valence-corrected chi connectivity index (χ1v) is 7.08. The maximum atomic E-state index is 6.03. The zero-order valence-corrected chi connectivity index (χ0v) is 11.5. The minimum atomic E-state index is 0.515. The van der Waals surface area contributed by atoms with Crippen LogP contribution in [0.4, 0.5) is 0 Å². The molecular formula is C14H17ClN4. The zero-order chi connectivity index (χ0) is 13.1. The third-order valence-electron chi connectivity index (χ3n) is 3.53. The average molecular weight is 277 g/mol. The fourth-order valence-corrected chi connectivity index (χ4v) is 2.69. The van der Waals surface area contributed by atoms with Crippen LogP contribution in [0.1, 0.15) is 19.3 Å². The van der Waals surface area contributed by atoms with Crippen LogP contribution in [-0.2, 0) is 6.54 Å². The van der Waals surface area contributed by atoms with Gasteiger partial charge in [-0.2, -0.15) is 0 Å². The van der Waals surface area contributed by atoms with Crippen molar-refractivity contribution in [3.05, 3.63) is 35.9 Å². The SMILES string of the molecule is Clc1ncnc2c1ccn2C/C=C/C1CCCCN1. The zero-order valence-electron chi connectivity index (χ0n) is 10.7. The number of allylic oxidation sites excluding steroid dienone is 1. The summed E-state index contributed by atoms with van der Waals surface area (Å²) in [5.74, 6) is 0. The fraction of sp³-hybridized carbons (Fsp3) is 0.429. The lowest BCUT2D eigenvalue weighted by molar-refractivity contribution is 0.453. The van der Waals surface area contributed by atoms with E-state index >= 15 is 0 Å². The molecule has 0 bridgehead atoms. The highest BCUT2D eigenvalue weighted by Crippen LogP contribution is 2.20. The number of nitrogens with zero attached hydrogens (tertiary/aromatic N) is 3. The van der Waals surface area contributed by atoms with E-state index in [-0.39, 0.29) is 0 Å². The molecule has 19 heavy (non-hydrogen) atoms. The smallest absolute Gasteiger partial charge is 0.145 e. The van der Waals surface area contributed by atoms with Gasteiger partial charge in [-0.1, -0.05) is 30.2 Å². The van der Waals surface area contributed by atoms with Crippen LogP contribution in [0.25, 0.3) is 11.0 Å². The van der Waals surface area contributed by atoms with Gasteiger partial charge in [-0.15, -0.1) is 0 Å². The quantitative estimate of drug-likeness (QED) is 0.692. The minimum absolute atomic E-state index is 0.515. The van der Waals surface area contributed by atoms with Gasteiger partial charge in [0, 0.05) is 18.8 Å². The Bertz CT molecular complexity index is 584. The number of hydrogen-bond donors (Lipinski definition) is 1. The molecule has 1 aliphatic heterocycles. The summed E-state index contributed by atoms with van der Waals surface area (Å²) >= 11 is 6.03. The first kappa shape index (κ1) is 12.6. The van der Waals surface area contributed by atoms with E-state index in [9.17, 15) is 0 Å². The van der Waals surface area contributed by atoms with Gasteiger partial charge in [0.25, 0.3) is 0 Å². The van der Waals surface area contributed by atoms with Crippen molar-refractivity contribution in [3.63, 3.8) is 0 Å². The molecule has 0 radical (unpaired) electrons. The molecular weight excluding hydrogens is 260 g/mol. The summed E-state index contributed by atoms with van der Waals surface area (Å²) in [5, 5.41) is 4.93. The highest BCUT2D eigenvalue weighted by molar-refractivity contribution is 6.33. The van der Waals surface area contributed by atoms with Crippen molar-refractivity contribution in [3.8, 4) is 0 Å². The number of rotatable bonds is 3. The third-order valence-corrected chi connectivity index (χ3v) is 3.83. The third kappa shape index (κ3) is 2.80. The monoisotopic (exact) mass is 276 g/mol. The molecule has 2 aromatic rings. The highest BCUT2D eigenvalue weighted by Gasteiger charge is 2.08. The van der Waals surface area contributed by atoms with Gasteiger partial charge < -0.3 is 9.88 Å². The number of aromatic nitrogens is 3. The molecule has 1 saturated heterocycles. The molecule has 5 heteroatoms. The van der Waals surface area contributed by atoms with Gasteiger partial charge >= 0.3 is 0 Å². The van der Waals surface area contributed by atoms with Gasteiger partial charge in [0.15, 0.2) is 0 Å². The second-order valence-corrected chi connectivity index (χ2v) is 5.21. The molecule has 3 heterocycles. The normalized spacial score (nSPS) is 20.4. The van der Waals surface area contributed by atoms with E-state index in [4.69, 9.17) is 11.6 Å². The number of piperidine rings is 1. The second-order valence-electron chi connectivity index (χ2n) is 4.85. The Morgan fingerprint density at radius 1 is 1.42 bits per heavy atom. The molecule has 0 saturated carbocycles. The van der Waals surface area contributed by atoms with Crippen LogP contribution in [0.5, 0.6) is 0 Å². The lowest BCUT2D eigenvalue weighted by Gasteiger charge is -2.20. The first-order valence-electron chi connectivity index (χ1n) is 6.70. The van der Waals surface area contributed by atoms with E-state index in [1.54, 1.807) is 0 Å². The molecule has 0 amide bonds. The molecule has 1 atom stereocenters. The van der Waals surface area contributed by atoms with Gasteiger partial charge in [-0.25, -0.2) is 9.97 Å². The molecule has 1 aliphatic rings. The van der Waals surface area contributed by atoms with Crippen molar-refractivity contribution in [1.29, 1.82) is 0 Å². The van der Waals surface area contributed by atoms with E-state index < -0.39 is 0 Å². The van der Waals surface area contributed by atoms with Crippen molar-refractivity contribution < 1.29 is 0 Å². The molecule has 100 valence electrons. The summed E-state index contributed by atoms with van der Waals surface area (Å²) in [6.07, 6.45) is 11.8. The highest BCUT2D eigenvalue weighted by atomic mass is 35.5. The van der Waals surface area contributed by atoms with E-state index in [1.165, 1.54) is 25.6 Å². The Kier molecular flexibility index (Phi) is 3.80. The maximum Gasteiger partial charge on any atom is 0.145 e. The summed E-state index contributed by atoms with van der Waals surface area (Å²) in [6, 6.07) is 2.48. The van der Waals surface area contributed by atoms with Crippen molar-refractivity contribution in [1.82, 2.24) is 19.9 Å². The Morgan fingerprint density at radius 3 is 3.21 bits per heavy atom. The van der Waals surface area contributed by atoms with E-state index in [0.717, 1.165) is 24.1 Å². The van der Waals surface area contributed by atoms with Crippen LogP contribution in [0.15, 0.2) is 30.7 Å². The molecule has 1 fully saturated rings. The van der Waals surface area contributed by atoms with Crippen molar-refractivity contribution in [2.75, 3.05) is 6.54 Å². The molecule has 0 aromatic carbocycles. The predicted molar refractivity (Wildman–Crippen MR) is 77.3 cm³/mol. The lowest BCUT2D eigenvalue weighted by atomic mass is 10.0. The standard InChI is InChI=1S/C14H17ClN4/c15-13-12-6-9-19(14(12)18-10-17-13)8-3-5-11-4-1-2-7-16-11/h3,5-6,9-11,16H,1-2,4,7-8H2/b5-3+. The van der Waals surface area contributed by atoms with E-state index in [1.807, 2.05) is 12.3 Å². The molecule has 3 rings (SSSR count). The van der Waals surface area contributed by atoms with E-state index in [2.05, 4.69) is 32.0 Å². The van der Waals surface area contributed by atoms with Crippen LogP contribution in [0.3, 0.4) is 0 Å². The maximum absolute atomic E-state index is 6.03. The van der Waals surface area contributed by atoms with Crippen LogP contribution in [0, 0.1) is 0 Å². The van der Waals surface area contributed by atoms with Gasteiger partial charge in [0.2, 0.25) is 0 Å². The minimum Gasteiger partial charge on any atom is -0.329 e. The van der Waals surface area contributed by atoms with Gasteiger partial charge in [0.1, 0.15) is 17.1 Å². The van der Waals surface area contributed by atoms with Crippen LogP contribution in [0.2, 0.25) is 5.15 Å². The van der Waals surface area contributed by atoms with Crippen molar-refractivity contribution in [2.24, 2.45) is 0 Å². The summed E-state index contributed by atoms with van der Waals surface area (Å²) in [6.45, 7) is 1.94. The molecule has 0 spiro atoms. The van der Waals surface area contributed by atoms with Gasteiger partial charge in [-0.3, -0.25) is 0 Å². The molecule has 1 unspecified atom stereocenters. The van der Waals surface area contributed by atoms with Crippen molar-refractivity contribution >= 4 is 22.6 Å². The molecule has 0 aliphatic carbocycles. The largest absolute Gasteiger partial charge is 0.329 e.